The summed E-state index contributed by atoms with van der Waals surface area (Å²) >= 11 is 3.57. The minimum Gasteiger partial charge on any atom is -0.340 e. The zero-order valence-electron chi connectivity index (χ0n) is 14.9. The molecule has 0 saturated heterocycles. The van der Waals surface area contributed by atoms with Crippen LogP contribution in [0.25, 0.3) is 17.2 Å². The number of rotatable bonds is 3. The first-order valence-electron chi connectivity index (χ1n) is 9.06. The van der Waals surface area contributed by atoms with Gasteiger partial charge in [0.25, 0.3) is 5.78 Å². The Morgan fingerprint density at radius 1 is 1.04 bits per heavy atom. The van der Waals surface area contributed by atoms with E-state index in [1.807, 2.05) is 34.8 Å². The molecule has 1 aliphatic carbocycles. The van der Waals surface area contributed by atoms with Crippen LogP contribution in [0.2, 0.25) is 0 Å². The molecule has 4 aromatic rings. The molecular formula is C21H18BrN5. The van der Waals surface area contributed by atoms with Gasteiger partial charge in [0.05, 0.1) is 5.69 Å². The van der Waals surface area contributed by atoms with Crippen molar-refractivity contribution in [2.75, 3.05) is 5.32 Å². The highest BCUT2D eigenvalue weighted by Crippen LogP contribution is 2.32. The maximum atomic E-state index is 4.78. The number of benzene rings is 2. The van der Waals surface area contributed by atoms with Crippen molar-refractivity contribution in [2.24, 2.45) is 0 Å². The molecular weight excluding hydrogens is 402 g/mol. The molecule has 6 heteroatoms. The van der Waals surface area contributed by atoms with Crippen LogP contribution >= 0.6 is 15.9 Å². The van der Waals surface area contributed by atoms with Crippen LogP contribution in [0.15, 0.2) is 53.0 Å². The van der Waals surface area contributed by atoms with Gasteiger partial charge < -0.3 is 5.32 Å². The summed E-state index contributed by atoms with van der Waals surface area (Å²) in [5.74, 6) is 2.32. The lowest BCUT2D eigenvalue weighted by atomic mass is 10.2. The predicted octanol–water partition coefficient (Wildman–Crippen LogP) is 5.09. The van der Waals surface area contributed by atoms with E-state index in [0.717, 1.165) is 46.5 Å². The molecule has 1 aliphatic rings. The summed E-state index contributed by atoms with van der Waals surface area (Å²) in [4.78, 5) is 9.47. The molecule has 27 heavy (non-hydrogen) atoms. The Balaban J connectivity index is 1.67. The van der Waals surface area contributed by atoms with Gasteiger partial charge >= 0.3 is 0 Å². The minimum absolute atomic E-state index is 0.644. The van der Waals surface area contributed by atoms with Gasteiger partial charge in [0, 0.05) is 21.3 Å². The number of halogens is 1. The third-order valence-electron chi connectivity index (χ3n) is 4.96. The first-order chi connectivity index (χ1) is 13.2. The second-order valence-electron chi connectivity index (χ2n) is 6.84. The van der Waals surface area contributed by atoms with Gasteiger partial charge in [-0.25, -0.2) is 4.98 Å². The van der Waals surface area contributed by atoms with Crippen molar-refractivity contribution in [3.05, 3.63) is 69.8 Å². The molecule has 5 nitrogen and oxygen atoms in total. The topological polar surface area (TPSA) is 55.1 Å². The van der Waals surface area contributed by atoms with Crippen LogP contribution in [0.1, 0.15) is 23.2 Å². The van der Waals surface area contributed by atoms with Gasteiger partial charge in [-0.3, -0.25) is 0 Å². The molecule has 0 radical (unpaired) electrons. The van der Waals surface area contributed by atoms with Crippen LogP contribution in [0.4, 0.5) is 11.5 Å². The Bertz CT molecular complexity index is 1150. The monoisotopic (exact) mass is 419 g/mol. The van der Waals surface area contributed by atoms with E-state index in [4.69, 9.17) is 10.1 Å². The lowest BCUT2D eigenvalue weighted by Crippen LogP contribution is -2.07. The van der Waals surface area contributed by atoms with E-state index in [2.05, 4.69) is 51.4 Å². The van der Waals surface area contributed by atoms with Crippen LogP contribution in [-0.2, 0) is 12.8 Å². The Kier molecular flexibility index (Phi) is 3.93. The predicted molar refractivity (Wildman–Crippen MR) is 110 cm³/mol. The summed E-state index contributed by atoms with van der Waals surface area (Å²) in [6.07, 6.45) is 3.12. The maximum Gasteiger partial charge on any atom is 0.254 e. The van der Waals surface area contributed by atoms with Crippen molar-refractivity contribution < 1.29 is 0 Å². The number of fused-ring (bicyclic) bond motifs is 2. The standard InChI is InChI=1S/C21H18BrN5/c1-13-12-15(10-11-17(13)22)23-20-16-8-5-9-18(16)24-21-25-19(26-27(20)21)14-6-3-2-4-7-14/h2-4,6-7,10-12,23H,5,8-9H2,1H3. The zero-order chi connectivity index (χ0) is 18.4. The largest absolute Gasteiger partial charge is 0.340 e. The van der Waals surface area contributed by atoms with Gasteiger partial charge in [-0.2, -0.15) is 9.50 Å². The van der Waals surface area contributed by atoms with Crippen molar-refractivity contribution in [2.45, 2.75) is 26.2 Å². The third-order valence-corrected chi connectivity index (χ3v) is 5.85. The molecule has 0 aliphatic heterocycles. The lowest BCUT2D eigenvalue weighted by molar-refractivity contribution is 0.900. The smallest absolute Gasteiger partial charge is 0.254 e. The molecule has 0 saturated carbocycles. The van der Waals surface area contributed by atoms with E-state index in [-0.39, 0.29) is 0 Å². The SMILES string of the molecule is Cc1cc(Nc2c3c(nc4nc(-c5ccccc5)nn24)CCC3)ccc1Br. The molecule has 134 valence electrons. The molecule has 0 amide bonds. The van der Waals surface area contributed by atoms with Crippen molar-refractivity contribution in [3.8, 4) is 11.4 Å². The zero-order valence-corrected chi connectivity index (χ0v) is 16.5. The first-order valence-corrected chi connectivity index (χ1v) is 9.85. The maximum absolute atomic E-state index is 4.78. The summed E-state index contributed by atoms with van der Waals surface area (Å²) in [5.41, 5.74) is 5.59. The normalized spacial score (nSPS) is 13.1. The third kappa shape index (κ3) is 2.90. The van der Waals surface area contributed by atoms with Crippen LogP contribution < -0.4 is 5.32 Å². The second-order valence-corrected chi connectivity index (χ2v) is 7.70. The molecule has 2 aromatic heterocycles. The average molecular weight is 420 g/mol. The summed E-state index contributed by atoms with van der Waals surface area (Å²) in [6, 6.07) is 16.3. The Morgan fingerprint density at radius 2 is 1.89 bits per heavy atom. The van der Waals surface area contributed by atoms with Gasteiger partial charge in [0.15, 0.2) is 5.82 Å². The van der Waals surface area contributed by atoms with Crippen molar-refractivity contribution in [1.29, 1.82) is 0 Å². The van der Waals surface area contributed by atoms with Gasteiger partial charge in [-0.15, -0.1) is 5.10 Å². The molecule has 5 rings (SSSR count). The molecule has 0 bridgehead atoms. The van der Waals surface area contributed by atoms with Crippen molar-refractivity contribution in [3.63, 3.8) is 0 Å². The van der Waals surface area contributed by atoms with E-state index >= 15 is 0 Å². The fourth-order valence-electron chi connectivity index (χ4n) is 3.58. The van der Waals surface area contributed by atoms with Gasteiger partial charge in [-0.05, 0) is 49.9 Å². The highest BCUT2D eigenvalue weighted by atomic mass is 79.9. The molecule has 0 spiro atoms. The highest BCUT2D eigenvalue weighted by molar-refractivity contribution is 9.10. The Hall–Kier alpha value is -2.73. The van der Waals surface area contributed by atoms with Gasteiger partial charge in [0.2, 0.25) is 0 Å². The molecule has 2 aromatic carbocycles. The van der Waals surface area contributed by atoms with Gasteiger partial charge in [-0.1, -0.05) is 46.3 Å². The van der Waals surface area contributed by atoms with Crippen LogP contribution in [0.5, 0.6) is 0 Å². The van der Waals surface area contributed by atoms with E-state index in [9.17, 15) is 0 Å². The molecule has 0 atom stereocenters. The number of hydrogen-bond acceptors (Lipinski definition) is 4. The van der Waals surface area contributed by atoms with Crippen molar-refractivity contribution in [1.82, 2.24) is 19.6 Å². The quantitative estimate of drug-likeness (QED) is 0.502. The molecule has 0 unspecified atom stereocenters. The van der Waals surface area contributed by atoms with E-state index in [1.54, 1.807) is 0 Å². The van der Waals surface area contributed by atoms with Crippen LogP contribution in [0.3, 0.4) is 0 Å². The average Bonchev–Trinajstić information content (AvgIpc) is 3.32. The highest BCUT2D eigenvalue weighted by Gasteiger charge is 2.22. The fraction of sp³-hybridized carbons (Fsp3) is 0.190. The first kappa shape index (κ1) is 16.4. The Labute approximate surface area is 165 Å². The summed E-state index contributed by atoms with van der Waals surface area (Å²) in [6.45, 7) is 2.09. The van der Waals surface area contributed by atoms with Crippen LogP contribution in [0, 0.1) is 6.92 Å². The summed E-state index contributed by atoms with van der Waals surface area (Å²) in [7, 11) is 0. The summed E-state index contributed by atoms with van der Waals surface area (Å²) < 4.78 is 2.95. The Morgan fingerprint density at radius 3 is 2.70 bits per heavy atom. The number of nitrogens with zero attached hydrogens (tertiary/aromatic N) is 4. The van der Waals surface area contributed by atoms with Crippen LogP contribution in [-0.4, -0.2) is 19.6 Å². The number of anilines is 2. The molecule has 1 N–H and O–H groups in total. The van der Waals surface area contributed by atoms with E-state index in [0.29, 0.717) is 11.6 Å². The number of aryl methyl sites for hydroxylation is 2. The number of nitrogens with one attached hydrogen (secondary N) is 1. The second kappa shape index (κ2) is 6.46. The molecule has 2 heterocycles. The minimum atomic E-state index is 0.644. The number of aromatic nitrogens is 4. The molecule has 0 fully saturated rings. The lowest BCUT2D eigenvalue weighted by Gasteiger charge is -2.13. The van der Waals surface area contributed by atoms with E-state index < -0.39 is 0 Å². The fourth-order valence-corrected chi connectivity index (χ4v) is 3.82. The number of hydrogen-bond donors (Lipinski definition) is 1. The van der Waals surface area contributed by atoms with E-state index in [1.165, 1.54) is 11.1 Å². The van der Waals surface area contributed by atoms with Crippen molar-refractivity contribution >= 4 is 33.2 Å². The summed E-state index contributed by atoms with van der Waals surface area (Å²) in [5, 5.41) is 8.35. The van der Waals surface area contributed by atoms with Gasteiger partial charge in [0.1, 0.15) is 5.82 Å².